The van der Waals surface area contributed by atoms with Crippen LogP contribution in [0, 0.1) is 0 Å². The average molecular weight is 430 g/mol. The van der Waals surface area contributed by atoms with Gasteiger partial charge in [0, 0.05) is 48.9 Å². The van der Waals surface area contributed by atoms with Crippen molar-refractivity contribution >= 4 is 40.4 Å². The Kier molecular flexibility index (Phi) is 5.99. The summed E-state index contributed by atoms with van der Waals surface area (Å²) in [5.41, 5.74) is 1.22. The molecule has 0 unspecified atom stereocenters. The first-order chi connectivity index (χ1) is 14.1. The van der Waals surface area contributed by atoms with Crippen LogP contribution >= 0.6 is 22.9 Å². The monoisotopic (exact) mass is 429 g/mol. The number of anilines is 1. The maximum Gasteiger partial charge on any atom is 0.291 e. The van der Waals surface area contributed by atoms with Gasteiger partial charge in [0.05, 0.1) is 10.6 Å². The van der Waals surface area contributed by atoms with Crippen LogP contribution in [0.25, 0.3) is 0 Å². The van der Waals surface area contributed by atoms with E-state index in [2.05, 4.69) is 16.3 Å². The molecule has 0 atom stereocenters. The van der Waals surface area contributed by atoms with E-state index in [1.807, 2.05) is 11.0 Å². The number of thiophene rings is 1. The van der Waals surface area contributed by atoms with E-state index in [9.17, 15) is 9.59 Å². The molecule has 0 bridgehead atoms. The summed E-state index contributed by atoms with van der Waals surface area (Å²) in [6.45, 7) is 3.91. The van der Waals surface area contributed by atoms with Crippen LogP contribution in [0.2, 0.25) is 4.34 Å². The maximum absolute atomic E-state index is 12.8. The molecule has 2 aromatic heterocycles. The zero-order valence-electron chi connectivity index (χ0n) is 15.6. The molecule has 1 fully saturated rings. The fraction of sp³-hybridized carbons (Fsp3) is 0.238. The lowest BCUT2D eigenvalue weighted by Crippen LogP contribution is -2.48. The average Bonchev–Trinajstić information content (AvgIpc) is 3.41. The second-order valence-corrected chi connectivity index (χ2v) is 8.58. The van der Waals surface area contributed by atoms with Crippen molar-refractivity contribution in [2.24, 2.45) is 0 Å². The number of amides is 2. The Hall–Kier alpha value is -2.61. The Balaban J connectivity index is 1.30. The van der Waals surface area contributed by atoms with Crippen LogP contribution in [-0.4, -0.2) is 47.8 Å². The van der Waals surface area contributed by atoms with Crippen LogP contribution in [0.15, 0.2) is 59.2 Å². The number of hydrogen-bond donors (Lipinski definition) is 1. The molecule has 4 rings (SSSR count). The second-order valence-electron chi connectivity index (χ2n) is 6.78. The first kappa shape index (κ1) is 19.7. The molecular formula is C21H20ClN3O3S. The first-order valence-corrected chi connectivity index (χ1v) is 10.5. The number of nitrogens with zero attached hydrogens (tertiary/aromatic N) is 2. The van der Waals surface area contributed by atoms with Crippen molar-refractivity contribution in [2.45, 2.75) is 6.54 Å². The van der Waals surface area contributed by atoms with Gasteiger partial charge >= 0.3 is 0 Å². The molecule has 0 spiro atoms. The Labute approximate surface area is 177 Å². The zero-order valence-corrected chi connectivity index (χ0v) is 17.2. The van der Waals surface area contributed by atoms with E-state index in [1.54, 1.807) is 47.7 Å². The van der Waals surface area contributed by atoms with E-state index in [4.69, 9.17) is 16.0 Å². The first-order valence-electron chi connectivity index (χ1n) is 9.29. The number of rotatable bonds is 5. The molecule has 1 aromatic carbocycles. The second kappa shape index (κ2) is 8.82. The van der Waals surface area contributed by atoms with Crippen molar-refractivity contribution in [3.05, 3.63) is 75.3 Å². The van der Waals surface area contributed by atoms with Crippen molar-refractivity contribution in [3.8, 4) is 0 Å². The number of halogens is 1. The Morgan fingerprint density at radius 3 is 2.41 bits per heavy atom. The van der Waals surface area contributed by atoms with Crippen molar-refractivity contribution in [1.29, 1.82) is 0 Å². The molecule has 1 saturated heterocycles. The quantitative estimate of drug-likeness (QED) is 0.660. The van der Waals surface area contributed by atoms with Gasteiger partial charge in [-0.15, -0.1) is 11.3 Å². The minimum Gasteiger partial charge on any atom is -0.459 e. The van der Waals surface area contributed by atoms with Crippen molar-refractivity contribution in [3.63, 3.8) is 0 Å². The molecule has 29 heavy (non-hydrogen) atoms. The van der Waals surface area contributed by atoms with Gasteiger partial charge in [0.1, 0.15) is 0 Å². The number of furan rings is 1. The Morgan fingerprint density at radius 1 is 1.03 bits per heavy atom. The number of hydrogen-bond acceptors (Lipinski definition) is 5. The molecule has 3 heterocycles. The smallest absolute Gasteiger partial charge is 0.291 e. The summed E-state index contributed by atoms with van der Waals surface area (Å²) in [6.07, 6.45) is 1.45. The molecule has 8 heteroatoms. The number of benzene rings is 1. The minimum atomic E-state index is -0.322. The highest BCUT2D eigenvalue weighted by Gasteiger charge is 2.22. The minimum absolute atomic E-state index is 0.00716. The molecule has 1 aliphatic rings. The predicted octanol–water partition coefficient (Wildman–Crippen LogP) is 4.20. The van der Waals surface area contributed by atoms with Gasteiger partial charge in [0.15, 0.2) is 5.76 Å². The third-order valence-electron chi connectivity index (χ3n) is 4.80. The van der Waals surface area contributed by atoms with Gasteiger partial charge < -0.3 is 14.6 Å². The van der Waals surface area contributed by atoms with Crippen LogP contribution in [0.1, 0.15) is 25.8 Å². The van der Waals surface area contributed by atoms with E-state index in [0.717, 1.165) is 24.0 Å². The fourth-order valence-corrected chi connectivity index (χ4v) is 4.38. The molecule has 1 N–H and O–H groups in total. The number of carbonyl (C=O) groups is 2. The summed E-state index contributed by atoms with van der Waals surface area (Å²) in [5, 5.41) is 2.75. The highest BCUT2D eigenvalue weighted by Crippen LogP contribution is 2.23. The third kappa shape index (κ3) is 4.87. The molecule has 1 aliphatic heterocycles. The van der Waals surface area contributed by atoms with Crippen molar-refractivity contribution < 1.29 is 14.0 Å². The molecule has 6 nitrogen and oxygen atoms in total. The SMILES string of the molecule is O=C(Nc1ccc(C(=O)N2CCN(Cc3ccc(Cl)s3)CC2)cc1)c1ccco1. The predicted molar refractivity (Wildman–Crippen MR) is 114 cm³/mol. The van der Waals surface area contributed by atoms with Crippen LogP contribution in [0.3, 0.4) is 0 Å². The highest BCUT2D eigenvalue weighted by molar-refractivity contribution is 7.16. The van der Waals surface area contributed by atoms with E-state index in [0.29, 0.717) is 24.3 Å². The molecule has 150 valence electrons. The highest BCUT2D eigenvalue weighted by atomic mass is 35.5. The van der Waals surface area contributed by atoms with Gasteiger partial charge in [-0.3, -0.25) is 14.5 Å². The van der Waals surface area contributed by atoms with E-state index in [1.165, 1.54) is 11.1 Å². The molecule has 0 radical (unpaired) electrons. The van der Waals surface area contributed by atoms with Gasteiger partial charge in [-0.1, -0.05) is 11.6 Å². The topological polar surface area (TPSA) is 65.8 Å². The summed E-state index contributed by atoms with van der Waals surface area (Å²) in [7, 11) is 0. The number of piperazine rings is 1. The largest absolute Gasteiger partial charge is 0.459 e. The van der Waals surface area contributed by atoms with Gasteiger partial charge in [-0.2, -0.15) is 0 Å². The standard InChI is InChI=1S/C21H20ClN3O3S/c22-19-8-7-17(29-19)14-24-9-11-25(12-10-24)21(27)15-3-5-16(6-4-15)23-20(26)18-2-1-13-28-18/h1-8,13H,9-12,14H2,(H,23,26). The lowest BCUT2D eigenvalue weighted by atomic mass is 10.1. The zero-order chi connectivity index (χ0) is 20.2. The molecule has 3 aromatic rings. The van der Waals surface area contributed by atoms with Gasteiger partial charge in [0.25, 0.3) is 11.8 Å². The molecule has 0 aliphatic carbocycles. The maximum atomic E-state index is 12.8. The lowest BCUT2D eigenvalue weighted by Gasteiger charge is -2.34. The third-order valence-corrected chi connectivity index (χ3v) is 6.02. The van der Waals surface area contributed by atoms with E-state index >= 15 is 0 Å². The summed E-state index contributed by atoms with van der Waals surface area (Å²) >= 11 is 7.59. The Bertz CT molecular complexity index is 977. The normalized spacial score (nSPS) is 14.7. The summed E-state index contributed by atoms with van der Waals surface area (Å²) in [4.78, 5) is 30.2. The Morgan fingerprint density at radius 2 is 1.79 bits per heavy atom. The molecular weight excluding hydrogens is 410 g/mol. The summed E-state index contributed by atoms with van der Waals surface area (Å²) < 4.78 is 5.88. The van der Waals surface area contributed by atoms with Crippen molar-refractivity contribution in [1.82, 2.24) is 9.80 Å². The number of carbonyl (C=O) groups excluding carboxylic acids is 2. The van der Waals surface area contributed by atoms with E-state index in [-0.39, 0.29) is 17.6 Å². The molecule has 2 amide bonds. The lowest BCUT2D eigenvalue weighted by molar-refractivity contribution is 0.0629. The summed E-state index contributed by atoms with van der Waals surface area (Å²) in [5.74, 6) is -0.0715. The van der Waals surface area contributed by atoms with Crippen LogP contribution < -0.4 is 5.32 Å². The van der Waals surface area contributed by atoms with Crippen molar-refractivity contribution in [2.75, 3.05) is 31.5 Å². The van der Waals surface area contributed by atoms with Gasteiger partial charge in [-0.25, -0.2) is 0 Å². The number of nitrogens with one attached hydrogen (secondary N) is 1. The van der Waals surface area contributed by atoms with E-state index < -0.39 is 0 Å². The van der Waals surface area contributed by atoms with Crippen LogP contribution in [-0.2, 0) is 6.54 Å². The van der Waals surface area contributed by atoms with Crippen LogP contribution in [0.4, 0.5) is 5.69 Å². The van der Waals surface area contributed by atoms with Gasteiger partial charge in [-0.05, 0) is 48.5 Å². The van der Waals surface area contributed by atoms with Gasteiger partial charge in [0.2, 0.25) is 0 Å². The summed E-state index contributed by atoms with van der Waals surface area (Å²) in [6, 6.07) is 14.2. The van der Waals surface area contributed by atoms with Crippen LogP contribution in [0.5, 0.6) is 0 Å². The molecule has 0 saturated carbocycles. The fourth-order valence-electron chi connectivity index (χ4n) is 3.25.